The molecule has 0 saturated carbocycles. The van der Waals surface area contributed by atoms with Gasteiger partial charge < -0.3 is 15.2 Å². The van der Waals surface area contributed by atoms with Gasteiger partial charge in [0.15, 0.2) is 0 Å². The summed E-state index contributed by atoms with van der Waals surface area (Å²) < 4.78 is 5.65. The number of anilines is 1. The zero-order valence-electron chi connectivity index (χ0n) is 12.6. The lowest BCUT2D eigenvalue weighted by atomic mass is 10.2. The van der Waals surface area contributed by atoms with Gasteiger partial charge in [0.05, 0.1) is 25.4 Å². The van der Waals surface area contributed by atoms with Crippen LogP contribution in [0.2, 0.25) is 10.0 Å². The molecule has 1 aromatic carbocycles. The highest BCUT2D eigenvalue weighted by Crippen LogP contribution is 2.26. The average Bonchev–Trinajstić information content (AvgIpc) is 2.96. The van der Waals surface area contributed by atoms with E-state index in [0.717, 1.165) is 0 Å². The van der Waals surface area contributed by atoms with Gasteiger partial charge in [0.1, 0.15) is 18.2 Å². The van der Waals surface area contributed by atoms with Crippen LogP contribution >= 0.6 is 23.2 Å². The highest BCUT2D eigenvalue weighted by molar-refractivity contribution is 6.35. The molecule has 24 heavy (non-hydrogen) atoms. The predicted octanol–water partition coefficient (Wildman–Crippen LogP) is 2.86. The molecule has 0 aliphatic carbocycles. The second-order valence-electron chi connectivity index (χ2n) is 5.28. The molecule has 8 heteroatoms. The minimum Gasteiger partial charge on any atom is -0.487 e. The van der Waals surface area contributed by atoms with Crippen LogP contribution in [0, 0.1) is 0 Å². The first-order chi connectivity index (χ1) is 11.6. The lowest BCUT2D eigenvalue weighted by molar-refractivity contribution is 0.239. The first-order valence-corrected chi connectivity index (χ1v) is 8.04. The van der Waals surface area contributed by atoms with E-state index in [2.05, 4.69) is 10.3 Å². The van der Waals surface area contributed by atoms with Crippen molar-refractivity contribution in [1.82, 2.24) is 10.3 Å². The van der Waals surface area contributed by atoms with Gasteiger partial charge in [-0.2, -0.15) is 0 Å². The van der Waals surface area contributed by atoms with Gasteiger partial charge in [0, 0.05) is 15.6 Å². The fourth-order valence-corrected chi connectivity index (χ4v) is 2.85. The molecule has 1 saturated heterocycles. The third-order valence-electron chi connectivity index (χ3n) is 3.64. The molecular weight excluding hydrogens is 353 g/mol. The molecule has 126 valence electrons. The molecule has 0 radical (unpaired) electrons. The van der Waals surface area contributed by atoms with Crippen molar-refractivity contribution in [2.75, 3.05) is 18.1 Å². The van der Waals surface area contributed by atoms with E-state index in [1.165, 1.54) is 11.1 Å². The Balaban J connectivity index is 1.66. The maximum absolute atomic E-state index is 11.8. The molecule has 6 nitrogen and oxygen atoms in total. The van der Waals surface area contributed by atoms with Crippen molar-refractivity contribution >= 4 is 35.1 Å². The van der Waals surface area contributed by atoms with Crippen LogP contribution in [0.4, 0.5) is 10.6 Å². The molecule has 1 aliphatic rings. The van der Waals surface area contributed by atoms with E-state index in [-0.39, 0.29) is 25.3 Å². The summed E-state index contributed by atoms with van der Waals surface area (Å²) in [6, 6.07) is 8.10. The summed E-state index contributed by atoms with van der Waals surface area (Å²) >= 11 is 12.2. The summed E-state index contributed by atoms with van der Waals surface area (Å²) in [6.07, 6.45) is 1.53. The van der Waals surface area contributed by atoms with Gasteiger partial charge in [0.2, 0.25) is 0 Å². The van der Waals surface area contributed by atoms with Crippen molar-refractivity contribution in [2.45, 2.75) is 12.6 Å². The van der Waals surface area contributed by atoms with Crippen LogP contribution in [-0.4, -0.2) is 35.3 Å². The van der Waals surface area contributed by atoms with Gasteiger partial charge in [-0.05, 0) is 24.3 Å². The number of aliphatic hydroxyl groups excluding tert-OH is 1. The Morgan fingerprint density at radius 2 is 2.04 bits per heavy atom. The summed E-state index contributed by atoms with van der Waals surface area (Å²) in [7, 11) is 0. The third kappa shape index (κ3) is 3.56. The number of carbonyl (C=O) groups excluding carboxylic acids is 1. The number of nitrogens with one attached hydrogen (secondary N) is 1. The molecule has 1 aliphatic heterocycles. The van der Waals surface area contributed by atoms with E-state index in [9.17, 15) is 4.79 Å². The first kappa shape index (κ1) is 16.8. The largest absolute Gasteiger partial charge is 0.487 e. The molecule has 0 unspecified atom stereocenters. The number of aliphatic hydroxyl groups is 1. The Labute approximate surface area is 149 Å². The second kappa shape index (κ2) is 7.25. The Hall–Kier alpha value is -2.02. The van der Waals surface area contributed by atoms with Crippen LogP contribution in [0.25, 0.3) is 0 Å². The van der Waals surface area contributed by atoms with Crippen LogP contribution in [0.5, 0.6) is 5.75 Å². The lowest BCUT2D eigenvalue weighted by Gasteiger charge is -2.14. The minimum atomic E-state index is -0.280. The van der Waals surface area contributed by atoms with Crippen molar-refractivity contribution in [1.29, 1.82) is 0 Å². The molecule has 2 heterocycles. The summed E-state index contributed by atoms with van der Waals surface area (Å²) in [5.41, 5.74) is 0.703. The number of nitrogens with zero attached hydrogens (tertiary/aromatic N) is 2. The monoisotopic (exact) mass is 367 g/mol. The van der Waals surface area contributed by atoms with Crippen molar-refractivity contribution in [3.05, 3.63) is 52.1 Å². The fraction of sp³-hybridized carbons (Fsp3) is 0.250. The number of hydrogen-bond donors (Lipinski definition) is 2. The standard InChI is InChI=1S/C16H15Cl2N3O3/c17-13-2-1-3-14(18)12(13)9-24-11-4-5-15(19-6-11)21-7-10(8-22)20-16(21)23/h1-6,10,22H,7-9H2,(H,20,23)/t10-/m1/s1. The average molecular weight is 368 g/mol. The van der Waals surface area contributed by atoms with Gasteiger partial charge in [-0.3, -0.25) is 4.90 Å². The predicted molar refractivity (Wildman–Crippen MR) is 91.8 cm³/mol. The van der Waals surface area contributed by atoms with Crippen molar-refractivity contribution in [3.8, 4) is 5.75 Å². The van der Waals surface area contributed by atoms with Gasteiger partial charge in [0.25, 0.3) is 0 Å². The number of carbonyl (C=O) groups is 1. The zero-order valence-corrected chi connectivity index (χ0v) is 14.1. The fourth-order valence-electron chi connectivity index (χ4n) is 2.35. The molecule has 2 amide bonds. The molecular formula is C16H15Cl2N3O3. The van der Waals surface area contributed by atoms with E-state index >= 15 is 0 Å². The summed E-state index contributed by atoms with van der Waals surface area (Å²) in [5.74, 6) is 1.03. The molecule has 0 bridgehead atoms. The smallest absolute Gasteiger partial charge is 0.323 e. The Bertz CT molecular complexity index is 720. The molecule has 0 spiro atoms. The second-order valence-corrected chi connectivity index (χ2v) is 6.09. The van der Waals surface area contributed by atoms with E-state index in [1.807, 2.05) is 0 Å². The topological polar surface area (TPSA) is 74.7 Å². The number of rotatable bonds is 5. The van der Waals surface area contributed by atoms with Crippen molar-refractivity contribution < 1.29 is 14.6 Å². The molecule has 1 fully saturated rings. The highest BCUT2D eigenvalue weighted by Gasteiger charge is 2.29. The van der Waals surface area contributed by atoms with E-state index in [1.54, 1.807) is 30.3 Å². The molecule has 2 N–H and O–H groups in total. The summed E-state index contributed by atoms with van der Waals surface area (Å²) in [5, 5.41) is 12.9. The van der Waals surface area contributed by atoms with Crippen LogP contribution in [0.1, 0.15) is 5.56 Å². The summed E-state index contributed by atoms with van der Waals surface area (Å²) in [4.78, 5) is 17.5. The van der Waals surface area contributed by atoms with Crippen LogP contribution in [-0.2, 0) is 6.61 Å². The van der Waals surface area contributed by atoms with Gasteiger partial charge in [-0.1, -0.05) is 29.3 Å². The van der Waals surface area contributed by atoms with E-state index < -0.39 is 0 Å². The maximum Gasteiger partial charge on any atom is 0.323 e. The molecule has 1 atom stereocenters. The van der Waals surface area contributed by atoms with E-state index in [4.69, 9.17) is 33.0 Å². The maximum atomic E-state index is 11.8. The number of hydrogen-bond acceptors (Lipinski definition) is 4. The first-order valence-electron chi connectivity index (χ1n) is 7.29. The van der Waals surface area contributed by atoms with E-state index in [0.29, 0.717) is 33.7 Å². The third-order valence-corrected chi connectivity index (χ3v) is 4.35. The Kier molecular flexibility index (Phi) is 5.08. The summed E-state index contributed by atoms with van der Waals surface area (Å²) in [6.45, 7) is 0.482. The number of benzene rings is 1. The minimum absolute atomic E-state index is 0.109. The van der Waals surface area contributed by atoms with Gasteiger partial charge in [-0.15, -0.1) is 0 Å². The lowest BCUT2D eigenvalue weighted by Crippen LogP contribution is -2.30. The highest BCUT2D eigenvalue weighted by atomic mass is 35.5. The molecule has 1 aromatic heterocycles. The number of pyridine rings is 1. The number of aromatic nitrogens is 1. The van der Waals surface area contributed by atoms with Crippen LogP contribution in [0.3, 0.4) is 0 Å². The Morgan fingerprint density at radius 1 is 1.29 bits per heavy atom. The van der Waals surface area contributed by atoms with Crippen molar-refractivity contribution in [2.24, 2.45) is 0 Å². The van der Waals surface area contributed by atoms with Crippen LogP contribution < -0.4 is 15.0 Å². The van der Waals surface area contributed by atoms with Gasteiger partial charge in [-0.25, -0.2) is 9.78 Å². The van der Waals surface area contributed by atoms with Crippen LogP contribution in [0.15, 0.2) is 36.5 Å². The van der Waals surface area contributed by atoms with Crippen molar-refractivity contribution in [3.63, 3.8) is 0 Å². The molecule has 3 rings (SSSR count). The Morgan fingerprint density at radius 3 is 2.62 bits per heavy atom. The SMILES string of the molecule is O=C1N[C@@H](CO)CN1c1ccc(OCc2c(Cl)cccc2Cl)cn1. The van der Waals surface area contributed by atoms with Gasteiger partial charge >= 0.3 is 6.03 Å². The quantitative estimate of drug-likeness (QED) is 0.851. The number of ether oxygens (including phenoxy) is 1. The molecule has 2 aromatic rings. The number of halogens is 2. The number of urea groups is 1. The zero-order chi connectivity index (χ0) is 17.1. The number of amides is 2. The normalized spacial score (nSPS) is 17.0.